The Morgan fingerprint density at radius 2 is 0.754 bits per heavy atom. The van der Waals surface area contributed by atoms with E-state index in [4.69, 9.17) is 28.2 Å². The topological polar surface area (TPSA) is 78.1 Å². The molecule has 57 heavy (non-hydrogen) atoms. The summed E-state index contributed by atoms with van der Waals surface area (Å²) in [5.41, 5.74) is 12.1. The molecule has 0 fully saturated rings. The smallest absolute Gasteiger partial charge is 0.164 e. The van der Waals surface area contributed by atoms with Crippen LogP contribution < -0.4 is 0 Å². The lowest BCUT2D eigenvalue weighted by molar-refractivity contribution is 0.668. The number of furan rings is 3. The zero-order chi connectivity index (χ0) is 37.5. The molecule has 0 aliphatic carbocycles. The molecule has 0 aliphatic heterocycles. The fourth-order valence-electron chi connectivity index (χ4n) is 8.27. The normalized spacial score (nSPS) is 11.9. The van der Waals surface area contributed by atoms with Crippen LogP contribution in [0, 0.1) is 0 Å². The molecule has 0 saturated heterocycles. The summed E-state index contributed by atoms with van der Waals surface area (Å²) in [4.78, 5) is 15.0. The Labute approximate surface area is 325 Å². The number of nitrogens with zero attached hydrogens (tertiary/aromatic N) is 3. The van der Waals surface area contributed by atoms with Crippen LogP contribution in [0.3, 0.4) is 0 Å². The van der Waals surface area contributed by atoms with Crippen LogP contribution in [0.25, 0.3) is 122 Å². The molecule has 12 aromatic rings. The van der Waals surface area contributed by atoms with Gasteiger partial charge < -0.3 is 13.3 Å². The number of para-hydroxylation sites is 2. The predicted molar refractivity (Wildman–Crippen MR) is 229 cm³/mol. The maximum absolute atomic E-state index is 6.53. The summed E-state index contributed by atoms with van der Waals surface area (Å²) in [5.74, 6) is 1.71. The molecule has 0 saturated carbocycles. The standard InChI is InChI=1S/C51H29N3O3/c1-2-11-30(12-3-1)49-52-50(32-21-24-37-36-15-6-8-18-42(36)56-46(37)28-32)54-51(53-49)33-22-25-38-41-27-31(23-26-44(41)57-47(38)29-33)34-13-4-5-14-35(34)39-17-10-20-45-48(39)40-16-7-9-19-43(40)55-45/h1-29H. The highest BCUT2D eigenvalue weighted by Crippen LogP contribution is 2.42. The van der Waals surface area contributed by atoms with Crippen LogP contribution in [0.4, 0.5) is 0 Å². The minimum absolute atomic E-state index is 0.557. The van der Waals surface area contributed by atoms with Crippen molar-refractivity contribution in [1.29, 1.82) is 0 Å². The van der Waals surface area contributed by atoms with E-state index in [0.717, 1.165) is 105 Å². The van der Waals surface area contributed by atoms with Crippen molar-refractivity contribution in [3.63, 3.8) is 0 Å². The summed E-state index contributed by atoms with van der Waals surface area (Å²) in [6, 6.07) is 60.0. The molecule has 0 atom stereocenters. The van der Waals surface area contributed by atoms with E-state index >= 15 is 0 Å². The Hall–Kier alpha value is -7.83. The zero-order valence-corrected chi connectivity index (χ0v) is 30.3. The maximum Gasteiger partial charge on any atom is 0.164 e. The molecule has 6 nitrogen and oxygen atoms in total. The number of hydrogen-bond donors (Lipinski definition) is 0. The highest BCUT2D eigenvalue weighted by Gasteiger charge is 2.19. The molecule has 0 amide bonds. The van der Waals surface area contributed by atoms with Gasteiger partial charge in [-0.05, 0) is 76.9 Å². The Morgan fingerprint density at radius 1 is 0.263 bits per heavy atom. The van der Waals surface area contributed by atoms with E-state index in [1.807, 2.05) is 84.9 Å². The van der Waals surface area contributed by atoms with Crippen molar-refractivity contribution in [3.05, 3.63) is 176 Å². The van der Waals surface area contributed by atoms with Gasteiger partial charge in [0.05, 0.1) is 0 Å². The third-order valence-electron chi connectivity index (χ3n) is 11.0. The summed E-state index contributed by atoms with van der Waals surface area (Å²) in [6.45, 7) is 0. The minimum atomic E-state index is 0.557. The van der Waals surface area contributed by atoms with Gasteiger partial charge in [-0.1, -0.05) is 121 Å². The first-order valence-corrected chi connectivity index (χ1v) is 18.9. The first-order chi connectivity index (χ1) is 28.2. The van der Waals surface area contributed by atoms with Crippen LogP contribution in [0.1, 0.15) is 0 Å². The Bertz CT molecular complexity index is 3540. The van der Waals surface area contributed by atoms with Gasteiger partial charge in [0.25, 0.3) is 0 Å². The average molecular weight is 732 g/mol. The van der Waals surface area contributed by atoms with Gasteiger partial charge in [-0.2, -0.15) is 0 Å². The molecule has 4 aromatic heterocycles. The van der Waals surface area contributed by atoms with E-state index in [-0.39, 0.29) is 0 Å². The second-order valence-electron chi connectivity index (χ2n) is 14.3. The van der Waals surface area contributed by atoms with Gasteiger partial charge in [0.15, 0.2) is 17.5 Å². The molecule has 8 aromatic carbocycles. The summed E-state index contributed by atoms with van der Waals surface area (Å²) in [7, 11) is 0. The van der Waals surface area contributed by atoms with Crippen molar-refractivity contribution in [1.82, 2.24) is 15.0 Å². The van der Waals surface area contributed by atoms with Crippen LogP contribution in [-0.4, -0.2) is 15.0 Å². The summed E-state index contributed by atoms with van der Waals surface area (Å²) < 4.78 is 19.0. The molecule has 0 spiro atoms. The van der Waals surface area contributed by atoms with E-state index in [1.54, 1.807) is 0 Å². The second-order valence-corrected chi connectivity index (χ2v) is 14.3. The number of rotatable bonds is 5. The molecular weight excluding hydrogens is 703 g/mol. The largest absolute Gasteiger partial charge is 0.456 e. The van der Waals surface area contributed by atoms with Crippen LogP contribution in [0.5, 0.6) is 0 Å². The van der Waals surface area contributed by atoms with Crippen LogP contribution in [0.15, 0.2) is 189 Å². The van der Waals surface area contributed by atoms with Crippen molar-refractivity contribution in [2.45, 2.75) is 0 Å². The summed E-state index contributed by atoms with van der Waals surface area (Å²) in [6.07, 6.45) is 0. The Kier molecular flexibility index (Phi) is 6.83. The van der Waals surface area contributed by atoms with E-state index in [2.05, 4.69) is 91.0 Å². The van der Waals surface area contributed by atoms with Crippen molar-refractivity contribution in [3.8, 4) is 56.4 Å². The van der Waals surface area contributed by atoms with Crippen LogP contribution in [0.2, 0.25) is 0 Å². The lowest BCUT2D eigenvalue weighted by Gasteiger charge is -2.11. The second kappa shape index (κ2) is 12.3. The van der Waals surface area contributed by atoms with Gasteiger partial charge in [-0.25, -0.2) is 15.0 Å². The maximum atomic E-state index is 6.53. The molecule has 0 aliphatic rings. The predicted octanol–water partition coefficient (Wildman–Crippen LogP) is 13.9. The first-order valence-electron chi connectivity index (χ1n) is 18.9. The average Bonchev–Trinajstić information content (AvgIpc) is 3.97. The van der Waals surface area contributed by atoms with Crippen molar-refractivity contribution >= 4 is 65.8 Å². The first kappa shape index (κ1) is 31.5. The van der Waals surface area contributed by atoms with E-state index in [0.29, 0.717) is 17.5 Å². The quantitative estimate of drug-likeness (QED) is 0.175. The van der Waals surface area contributed by atoms with Crippen molar-refractivity contribution < 1.29 is 13.3 Å². The van der Waals surface area contributed by atoms with E-state index in [1.165, 1.54) is 0 Å². The molecule has 0 radical (unpaired) electrons. The third kappa shape index (κ3) is 5.08. The van der Waals surface area contributed by atoms with Gasteiger partial charge in [-0.3, -0.25) is 0 Å². The van der Waals surface area contributed by atoms with Crippen LogP contribution in [-0.2, 0) is 0 Å². The van der Waals surface area contributed by atoms with Gasteiger partial charge in [-0.15, -0.1) is 0 Å². The van der Waals surface area contributed by atoms with E-state index < -0.39 is 0 Å². The molecule has 6 heteroatoms. The molecule has 266 valence electrons. The molecular formula is C51H29N3O3. The number of benzene rings is 8. The SMILES string of the molecule is c1ccc(-c2nc(-c3ccc4c(c3)oc3ccccc34)nc(-c3ccc4c(c3)oc3ccc(-c5ccccc5-c5cccc6oc7ccccc7c56)cc34)n2)cc1. The molecule has 0 N–H and O–H groups in total. The Balaban J connectivity index is 0.972. The summed E-state index contributed by atoms with van der Waals surface area (Å²) in [5, 5.41) is 6.42. The fourth-order valence-corrected chi connectivity index (χ4v) is 8.27. The van der Waals surface area contributed by atoms with Gasteiger partial charge in [0.1, 0.15) is 33.5 Å². The molecule has 0 unspecified atom stereocenters. The van der Waals surface area contributed by atoms with Gasteiger partial charge in [0.2, 0.25) is 0 Å². The summed E-state index contributed by atoms with van der Waals surface area (Å²) >= 11 is 0. The number of aromatic nitrogens is 3. The van der Waals surface area contributed by atoms with Crippen molar-refractivity contribution in [2.24, 2.45) is 0 Å². The molecule has 4 heterocycles. The minimum Gasteiger partial charge on any atom is -0.456 e. The van der Waals surface area contributed by atoms with Gasteiger partial charge >= 0.3 is 0 Å². The number of hydrogen-bond acceptors (Lipinski definition) is 6. The van der Waals surface area contributed by atoms with Gasteiger partial charge in [0, 0.05) is 49.0 Å². The fraction of sp³-hybridized carbons (Fsp3) is 0. The zero-order valence-electron chi connectivity index (χ0n) is 30.3. The third-order valence-corrected chi connectivity index (χ3v) is 11.0. The highest BCUT2D eigenvalue weighted by molar-refractivity contribution is 6.14. The monoisotopic (exact) mass is 731 g/mol. The highest BCUT2D eigenvalue weighted by atomic mass is 16.3. The lowest BCUT2D eigenvalue weighted by Crippen LogP contribution is -2.00. The Morgan fingerprint density at radius 3 is 1.49 bits per heavy atom. The number of fused-ring (bicyclic) bond motifs is 9. The lowest BCUT2D eigenvalue weighted by atomic mass is 9.91. The van der Waals surface area contributed by atoms with E-state index in [9.17, 15) is 0 Å². The molecule has 0 bridgehead atoms. The molecule has 12 rings (SSSR count). The van der Waals surface area contributed by atoms with Crippen LogP contribution >= 0.6 is 0 Å². The van der Waals surface area contributed by atoms with Crippen molar-refractivity contribution in [2.75, 3.05) is 0 Å².